The fourth-order valence-corrected chi connectivity index (χ4v) is 2.48. The average molecular weight is 242 g/mol. The summed E-state index contributed by atoms with van der Waals surface area (Å²) in [5.74, 6) is 0.983. The quantitative estimate of drug-likeness (QED) is 0.870. The molecule has 2 aromatic carbocycles. The van der Waals surface area contributed by atoms with Crippen molar-refractivity contribution in [1.82, 2.24) is 0 Å². The van der Waals surface area contributed by atoms with E-state index in [0.29, 0.717) is 6.04 Å². The maximum absolute atomic E-state index is 5.94. The molecule has 0 aromatic heterocycles. The molecule has 1 unspecified atom stereocenters. The summed E-state index contributed by atoms with van der Waals surface area (Å²) >= 11 is 0. The molecule has 0 aliphatic carbocycles. The van der Waals surface area contributed by atoms with Crippen molar-refractivity contribution < 1.29 is 4.74 Å². The van der Waals surface area contributed by atoms with Gasteiger partial charge in [0, 0.05) is 5.39 Å². The highest BCUT2D eigenvalue weighted by Gasteiger charge is 2.19. The molecule has 18 heavy (non-hydrogen) atoms. The lowest BCUT2D eigenvalue weighted by atomic mass is 10.1. The van der Waals surface area contributed by atoms with Crippen LogP contribution in [0.4, 0.5) is 5.69 Å². The molecule has 1 aliphatic rings. The normalized spacial score (nSPS) is 17.9. The van der Waals surface area contributed by atoms with Gasteiger partial charge in [-0.3, -0.25) is 0 Å². The number of benzene rings is 2. The van der Waals surface area contributed by atoms with Crippen molar-refractivity contribution in [3.8, 4) is 5.75 Å². The van der Waals surface area contributed by atoms with Crippen LogP contribution in [0.5, 0.6) is 5.75 Å². The first-order chi connectivity index (χ1) is 8.88. The van der Waals surface area contributed by atoms with E-state index in [0.717, 1.165) is 37.4 Å². The van der Waals surface area contributed by atoms with Gasteiger partial charge in [0.15, 0.2) is 0 Å². The molecular weight excluding hydrogens is 224 g/mol. The highest BCUT2D eigenvalue weighted by Crippen LogP contribution is 2.36. The van der Waals surface area contributed by atoms with E-state index >= 15 is 0 Å². The van der Waals surface area contributed by atoms with Gasteiger partial charge in [0.1, 0.15) is 12.4 Å². The van der Waals surface area contributed by atoms with Gasteiger partial charge in [0.25, 0.3) is 0 Å². The van der Waals surface area contributed by atoms with Gasteiger partial charge in [-0.2, -0.15) is 0 Å². The van der Waals surface area contributed by atoms with Crippen LogP contribution in [0.1, 0.15) is 12.8 Å². The summed E-state index contributed by atoms with van der Waals surface area (Å²) in [7, 11) is 0. The number of anilines is 1. The maximum Gasteiger partial charge on any atom is 0.150 e. The van der Waals surface area contributed by atoms with Crippen LogP contribution in [-0.2, 0) is 0 Å². The highest BCUT2D eigenvalue weighted by molar-refractivity contribution is 5.93. The summed E-state index contributed by atoms with van der Waals surface area (Å²) in [6.07, 6.45) is 2.09. The second-order valence-electron chi connectivity index (χ2n) is 4.75. The van der Waals surface area contributed by atoms with Crippen LogP contribution in [-0.4, -0.2) is 19.2 Å². The average Bonchev–Trinajstić information content (AvgIpc) is 2.44. The monoisotopic (exact) mass is 242 g/mol. The minimum atomic E-state index is 0.377. The van der Waals surface area contributed by atoms with Crippen molar-refractivity contribution in [1.29, 1.82) is 0 Å². The molecule has 1 heterocycles. The summed E-state index contributed by atoms with van der Waals surface area (Å²) in [5, 5.41) is 5.94. The van der Waals surface area contributed by atoms with Gasteiger partial charge in [-0.25, -0.2) is 0 Å². The molecule has 0 saturated heterocycles. The second kappa shape index (κ2) is 4.86. The minimum Gasteiger partial charge on any atom is -0.489 e. The van der Waals surface area contributed by atoms with Crippen LogP contribution in [0, 0.1) is 0 Å². The van der Waals surface area contributed by atoms with E-state index in [9.17, 15) is 0 Å². The summed E-state index contributed by atoms with van der Waals surface area (Å²) in [5.41, 5.74) is 6.65. The lowest BCUT2D eigenvalue weighted by molar-refractivity contribution is 0.280. The topological polar surface area (TPSA) is 47.3 Å². The summed E-state index contributed by atoms with van der Waals surface area (Å²) in [6, 6.07) is 12.9. The Hall–Kier alpha value is -1.74. The van der Waals surface area contributed by atoms with E-state index in [-0.39, 0.29) is 0 Å². The molecule has 0 saturated carbocycles. The zero-order valence-electron chi connectivity index (χ0n) is 10.4. The largest absolute Gasteiger partial charge is 0.489 e. The van der Waals surface area contributed by atoms with Crippen molar-refractivity contribution in [2.75, 3.05) is 18.5 Å². The zero-order valence-corrected chi connectivity index (χ0v) is 10.4. The molecule has 0 fully saturated rings. The van der Waals surface area contributed by atoms with E-state index in [1.165, 1.54) is 10.8 Å². The van der Waals surface area contributed by atoms with E-state index in [4.69, 9.17) is 10.5 Å². The number of ether oxygens (including phenoxy) is 1. The Morgan fingerprint density at radius 1 is 1.22 bits per heavy atom. The Morgan fingerprint density at radius 2 is 2.11 bits per heavy atom. The Morgan fingerprint density at radius 3 is 3.00 bits per heavy atom. The Kier molecular flexibility index (Phi) is 3.07. The number of rotatable bonds is 3. The Labute approximate surface area is 107 Å². The molecule has 3 heteroatoms. The van der Waals surface area contributed by atoms with Crippen LogP contribution in [0.15, 0.2) is 36.4 Å². The maximum atomic E-state index is 5.94. The van der Waals surface area contributed by atoms with Gasteiger partial charge in [-0.15, -0.1) is 0 Å². The molecule has 1 aliphatic heterocycles. The van der Waals surface area contributed by atoms with Crippen molar-refractivity contribution in [2.45, 2.75) is 18.9 Å². The van der Waals surface area contributed by atoms with Gasteiger partial charge in [-0.1, -0.05) is 30.3 Å². The van der Waals surface area contributed by atoms with Crippen LogP contribution in [0.2, 0.25) is 0 Å². The smallest absolute Gasteiger partial charge is 0.150 e. The van der Waals surface area contributed by atoms with Crippen molar-refractivity contribution >= 4 is 16.5 Å². The van der Waals surface area contributed by atoms with Gasteiger partial charge in [0.05, 0.1) is 11.7 Å². The second-order valence-corrected chi connectivity index (χ2v) is 4.75. The standard InChI is InChI=1S/C15H18N2O/c16-9-3-5-12-10-18-15-13-6-2-1-4-11(13)7-8-14(15)17-12/h1-2,4,6-8,12,17H,3,5,9-10,16H2. The first kappa shape index (κ1) is 11.4. The molecule has 2 aromatic rings. The van der Waals surface area contributed by atoms with Crippen LogP contribution in [0.25, 0.3) is 10.8 Å². The number of nitrogens with one attached hydrogen (secondary N) is 1. The van der Waals surface area contributed by atoms with E-state index in [1.807, 2.05) is 6.07 Å². The SMILES string of the molecule is NCCCC1COc2c(ccc3ccccc23)N1. The van der Waals surface area contributed by atoms with E-state index in [2.05, 4.69) is 35.6 Å². The Bertz CT molecular complexity index is 553. The number of fused-ring (bicyclic) bond motifs is 3. The highest BCUT2D eigenvalue weighted by atomic mass is 16.5. The van der Waals surface area contributed by atoms with E-state index in [1.54, 1.807) is 0 Å². The number of hydrogen-bond acceptors (Lipinski definition) is 3. The third kappa shape index (κ3) is 2.02. The first-order valence-corrected chi connectivity index (χ1v) is 6.49. The minimum absolute atomic E-state index is 0.377. The molecule has 3 N–H and O–H groups in total. The predicted molar refractivity (Wildman–Crippen MR) is 75.1 cm³/mol. The molecule has 0 amide bonds. The molecular formula is C15H18N2O. The fraction of sp³-hybridized carbons (Fsp3) is 0.333. The van der Waals surface area contributed by atoms with Crippen LogP contribution >= 0.6 is 0 Å². The molecule has 94 valence electrons. The summed E-state index contributed by atoms with van der Waals surface area (Å²) in [4.78, 5) is 0. The zero-order chi connectivity index (χ0) is 12.4. The molecule has 3 rings (SSSR count). The van der Waals surface area contributed by atoms with Crippen molar-refractivity contribution in [3.05, 3.63) is 36.4 Å². The van der Waals surface area contributed by atoms with Crippen LogP contribution < -0.4 is 15.8 Å². The van der Waals surface area contributed by atoms with E-state index < -0.39 is 0 Å². The lowest BCUT2D eigenvalue weighted by Gasteiger charge is -2.28. The van der Waals surface area contributed by atoms with Gasteiger partial charge >= 0.3 is 0 Å². The first-order valence-electron chi connectivity index (χ1n) is 6.49. The molecule has 3 nitrogen and oxygen atoms in total. The fourth-order valence-electron chi connectivity index (χ4n) is 2.48. The van der Waals surface area contributed by atoms with Crippen molar-refractivity contribution in [2.24, 2.45) is 5.73 Å². The van der Waals surface area contributed by atoms with Crippen molar-refractivity contribution in [3.63, 3.8) is 0 Å². The molecule has 0 spiro atoms. The molecule has 0 radical (unpaired) electrons. The third-order valence-electron chi connectivity index (χ3n) is 3.42. The van der Waals surface area contributed by atoms with Crippen LogP contribution in [0.3, 0.4) is 0 Å². The molecule has 0 bridgehead atoms. The van der Waals surface area contributed by atoms with Gasteiger partial charge in [-0.05, 0) is 30.8 Å². The van der Waals surface area contributed by atoms with Gasteiger partial charge < -0.3 is 15.8 Å². The lowest BCUT2D eigenvalue weighted by Crippen LogP contribution is -2.31. The van der Waals surface area contributed by atoms with Gasteiger partial charge in [0.2, 0.25) is 0 Å². The predicted octanol–water partition coefficient (Wildman–Crippen LogP) is 2.75. The summed E-state index contributed by atoms with van der Waals surface area (Å²) in [6.45, 7) is 1.46. The molecule has 1 atom stereocenters. The number of hydrogen-bond donors (Lipinski definition) is 2. The third-order valence-corrected chi connectivity index (χ3v) is 3.42. The summed E-state index contributed by atoms with van der Waals surface area (Å²) < 4.78 is 5.94. The number of nitrogens with two attached hydrogens (primary N) is 1. The Balaban J connectivity index is 1.91.